The molecule has 0 radical (unpaired) electrons. The third kappa shape index (κ3) is 5.14. The molecule has 152 valence electrons. The second-order valence-electron chi connectivity index (χ2n) is 6.34. The fourth-order valence-corrected chi connectivity index (χ4v) is 2.60. The Hall–Kier alpha value is -4.32. The Morgan fingerprint density at radius 2 is 2.00 bits per heavy atom. The molecule has 9 nitrogen and oxygen atoms in total. The van der Waals surface area contributed by atoms with Crippen LogP contribution in [0.1, 0.15) is 16.1 Å². The van der Waals surface area contributed by atoms with Gasteiger partial charge in [0.15, 0.2) is 5.69 Å². The number of pyridine rings is 1. The number of benzene rings is 1. The van der Waals surface area contributed by atoms with Crippen LogP contribution in [0.2, 0.25) is 0 Å². The van der Waals surface area contributed by atoms with E-state index < -0.39 is 18.4 Å². The summed E-state index contributed by atoms with van der Waals surface area (Å²) in [6, 6.07) is 9.26. The van der Waals surface area contributed by atoms with Crippen molar-refractivity contribution in [3.8, 4) is 28.8 Å². The van der Waals surface area contributed by atoms with Gasteiger partial charge in [-0.1, -0.05) is 24.0 Å². The Morgan fingerprint density at radius 3 is 2.63 bits per heavy atom. The van der Waals surface area contributed by atoms with E-state index in [1.165, 1.54) is 12.3 Å². The third-order valence-corrected chi connectivity index (χ3v) is 4.15. The first-order valence-electron chi connectivity index (χ1n) is 8.92. The summed E-state index contributed by atoms with van der Waals surface area (Å²) in [7, 11) is 1.91. The van der Waals surface area contributed by atoms with Crippen LogP contribution in [0.25, 0.3) is 11.3 Å². The lowest BCUT2D eigenvalue weighted by Crippen LogP contribution is -2.29. The van der Waals surface area contributed by atoms with Crippen LogP contribution < -0.4 is 10.2 Å². The van der Waals surface area contributed by atoms with Crippen molar-refractivity contribution in [1.29, 1.82) is 0 Å². The quantitative estimate of drug-likeness (QED) is 0.457. The number of H-pyrrole nitrogens is 1. The SMILES string of the molecule is CN(CC#Cc1cnc(C(=O)NCC(=O)O)c(O)c1)c1ccc(-c2cnc[nH]2)cc1. The Bertz CT molecular complexity index is 1100. The number of aromatic amines is 1. The molecule has 0 aliphatic heterocycles. The van der Waals surface area contributed by atoms with Crippen molar-refractivity contribution >= 4 is 17.6 Å². The van der Waals surface area contributed by atoms with Gasteiger partial charge in [0.2, 0.25) is 0 Å². The number of hydrogen-bond donors (Lipinski definition) is 4. The molecule has 3 aromatic rings. The van der Waals surface area contributed by atoms with Crippen LogP contribution in [0, 0.1) is 11.8 Å². The zero-order chi connectivity index (χ0) is 21.5. The van der Waals surface area contributed by atoms with Crippen molar-refractivity contribution in [2.24, 2.45) is 0 Å². The van der Waals surface area contributed by atoms with Crippen molar-refractivity contribution < 1.29 is 19.8 Å². The van der Waals surface area contributed by atoms with Gasteiger partial charge < -0.3 is 25.4 Å². The van der Waals surface area contributed by atoms with Crippen molar-refractivity contribution in [3.63, 3.8) is 0 Å². The first-order chi connectivity index (χ1) is 14.4. The van der Waals surface area contributed by atoms with Crippen molar-refractivity contribution in [2.75, 3.05) is 25.0 Å². The van der Waals surface area contributed by atoms with E-state index in [2.05, 4.69) is 32.1 Å². The first kappa shape index (κ1) is 20.4. The molecule has 3 rings (SSSR count). The Kier molecular flexibility index (Phi) is 6.29. The molecule has 9 heteroatoms. The second-order valence-corrected chi connectivity index (χ2v) is 6.34. The zero-order valence-corrected chi connectivity index (χ0v) is 16.1. The van der Waals surface area contributed by atoms with Crippen LogP contribution >= 0.6 is 0 Å². The fourth-order valence-electron chi connectivity index (χ4n) is 2.60. The van der Waals surface area contributed by atoms with E-state index in [0.29, 0.717) is 12.1 Å². The molecule has 0 saturated carbocycles. The third-order valence-electron chi connectivity index (χ3n) is 4.15. The van der Waals surface area contributed by atoms with E-state index in [-0.39, 0.29) is 11.4 Å². The summed E-state index contributed by atoms with van der Waals surface area (Å²) in [5, 5.41) is 20.7. The standard InChI is InChI=1S/C21H19N5O4/c1-26(16-6-4-15(5-7-16)17-11-22-13-25-17)8-2-3-14-9-18(27)20(23-10-14)21(30)24-12-19(28)29/h4-7,9-11,13,27H,8,12H2,1H3,(H,22,25)(H,24,30)(H,28,29). The number of aromatic hydroxyl groups is 1. The highest BCUT2D eigenvalue weighted by atomic mass is 16.4. The average molecular weight is 405 g/mol. The molecule has 1 aromatic carbocycles. The van der Waals surface area contributed by atoms with Crippen LogP contribution in [-0.4, -0.2) is 57.2 Å². The maximum absolute atomic E-state index is 11.8. The summed E-state index contributed by atoms with van der Waals surface area (Å²) < 4.78 is 0. The molecule has 0 unspecified atom stereocenters. The lowest BCUT2D eigenvalue weighted by Gasteiger charge is -2.16. The number of amides is 1. The highest BCUT2D eigenvalue weighted by Gasteiger charge is 2.14. The molecule has 0 spiro atoms. The van der Waals surface area contributed by atoms with E-state index in [9.17, 15) is 14.7 Å². The topological polar surface area (TPSA) is 131 Å². The van der Waals surface area contributed by atoms with Gasteiger partial charge >= 0.3 is 5.97 Å². The monoisotopic (exact) mass is 405 g/mol. The van der Waals surface area contributed by atoms with E-state index in [0.717, 1.165) is 16.9 Å². The number of carbonyl (C=O) groups excluding carboxylic acids is 1. The van der Waals surface area contributed by atoms with Gasteiger partial charge in [0, 0.05) is 24.5 Å². The fraction of sp³-hybridized carbons (Fsp3) is 0.143. The second kappa shape index (κ2) is 9.25. The van der Waals surface area contributed by atoms with Gasteiger partial charge in [-0.05, 0) is 23.8 Å². The van der Waals surface area contributed by atoms with Crippen LogP contribution in [0.4, 0.5) is 5.69 Å². The van der Waals surface area contributed by atoms with Gasteiger partial charge in [-0.2, -0.15) is 0 Å². The number of imidazole rings is 1. The number of nitrogens with one attached hydrogen (secondary N) is 2. The molecule has 2 heterocycles. The number of hydrogen-bond acceptors (Lipinski definition) is 6. The first-order valence-corrected chi connectivity index (χ1v) is 8.92. The van der Waals surface area contributed by atoms with Gasteiger partial charge in [0.05, 0.1) is 24.8 Å². The van der Waals surface area contributed by atoms with Gasteiger partial charge in [0.25, 0.3) is 5.91 Å². The van der Waals surface area contributed by atoms with Crippen LogP contribution in [0.3, 0.4) is 0 Å². The van der Waals surface area contributed by atoms with Gasteiger partial charge in [-0.25, -0.2) is 9.97 Å². The number of anilines is 1. The normalized spacial score (nSPS) is 10.0. The smallest absolute Gasteiger partial charge is 0.322 e. The van der Waals surface area contributed by atoms with Crippen LogP contribution in [0.5, 0.6) is 5.75 Å². The molecule has 1 amide bonds. The highest BCUT2D eigenvalue weighted by Crippen LogP contribution is 2.20. The summed E-state index contributed by atoms with van der Waals surface area (Å²) in [5.41, 5.74) is 3.14. The average Bonchev–Trinajstić information content (AvgIpc) is 3.27. The van der Waals surface area contributed by atoms with Gasteiger partial charge in [-0.3, -0.25) is 9.59 Å². The molecule has 0 bridgehead atoms. The largest absolute Gasteiger partial charge is 0.505 e. The Labute approximate surface area is 172 Å². The number of carbonyl (C=O) groups is 2. The van der Waals surface area contributed by atoms with E-state index in [4.69, 9.17) is 5.11 Å². The molecule has 0 fully saturated rings. The lowest BCUT2D eigenvalue weighted by molar-refractivity contribution is -0.135. The molecule has 0 aliphatic rings. The number of aliphatic carboxylic acids is 1. The van der Waals surface area contributed by atoms with Crippen LogP contribution in [-0.2, 0) is 4.79 Å². The molecule has 2 aromatic heterocycles. The van der Waals surface area contributed by atoms with E-state index >= 15 is 0 Å². The molecule has 4 N–H and O–H groups in total. The number of aromatic nitrogens is 3. The minimum absolute atomic E-state index is 0.253. The van der Waals surface area contributed by atoms with Crippen molar-refractivity contribution in [1.82, 2.24) is 20.3 Å². The predicted molar refractivity (Wildman–Crippen MR) is 110 cm³/mol. The minimum atomic E-state index is -1.19. The molecular formula is C21H19N5O4. The number of rotatable bonds is 6. The Morgan fingerprint density at radius 1 is 1.23 bits per heavy atom. The minimum Gasteiger partial charge on any atom is -0.505 e. The van der Waals surface area contributed by atoms with E-state index in [1.54, 1.807) is 12.5 Å². The van der Waals surface area contributed by atoms with E-state index in [1.807, 2.05) is 36.2 Å². The Balaban J connectivity index is 1.61. The maximum Gasteiger partial charge on any atom is 0.322 e. The summed E-state index contributed by atoms with van der Waals surface area (Å²) >= 11 is 0. The van der Waals surface area contributed by atoms with Gasteiger partial charge in [0.1, 0.15) is 12.3 Å². The number of carboxylic acid groups (broad SMARTS) is 1. The molecular weight excluding hydrogens is 386 g/mol. The highest BCUT2D eigenvalue weighted by molar-refractivity contribution is 5.96. The summed E-state index contributed by atoms with van der Waals surface area (Å²) in [5.74, 6) is 3.54. The van der Waals surface area contributed by atoms with Crippen LogP contribution in [0.15, 0.2) is 49.1 Å². The molecule has 0 saturated heterocycles. The zero-order valence-electron chi connectivity index (χ0n) is 16.1. The molecule has 0 atom stereocenters. The summed E-state index contributed by atoms with van der Waals surface area (Å²) in [6.45, 7) is -0.123. The van der Waals surface area contributed by atoms with Crippen molar-refractivity contribution in [2.45, 2.75) is 0 Å². The summed E-state index contributed by atoms with van der Waals surface area (Å²) in [4.78, 5) is 35.2. The molecule has 30 heavy (non-hydrogen) atoms. The predicted octanol–water partition coefficient (Wildman–Crippen LogP) is 1.48. The van der Waals surface area contributed by atoms with Crippen molar-refractivity contribution in [3.05, 3.63) is 60.3 Å². The maximum atomic E-state index is 11.8. The lowest BCUT2D eigenvalue weighted by atomic mass is 10.1. The number of nitrogens with zero attached hydrogens (tertiary/aromatic N) is 3. The summed E-state index contributed by atoms with van der Waals surface area (Å²) in [6.07, 6.45) is 4.74. The number of carboxylic acids is 1. The van der Waals surface area contributed by atoms with Gasteiger partial charge in [-0.15, -0.1) is 0 Å². The molecule has 0 aliphatic carbocycles.